The van der Waals surface area contributed by atoms with E-state index < -0.39 is 0 Å². The van der Waals surface area contributed by atoms with Crippen LogP contribution in [0.25, 0.3) is 0 Å². The highest BCUT2D eigenvalue weighted by Crippen LogP contribution is 2.17. The first-order valence-corrected chi connectivity index (χ1v) is 5.49. The van der Waals surface area contributed by atoms with Crippen molar-refractivity contribution in [1.29, 1.82) is 0 Å². The van der Waals surface area contributed by atoms with E-state index in [1.54, 1.807) is 18.8 Å². The molecule has 3 N–H and O–H groups in total. The average molecular weight is 212 g/mol. The van der Waals surface area contributed by atoms with E-state index in [1.165, 1.54) is 9.90 Å². The molecule has 0 spiro atoms. The van der Waals surface area contributed by atoms with Crippen LogP contribution < -0.4 is 5.84 Å². The highest BCUT2D eigenvalue weighted by atomic mass is 32.2. The minimum Gasteiger partial charge on any atom is -0.391 e. The zero-order chi connectivity index (χ0) is 10.4. The molecule has 1 aromatic rings. The molecule has 0 aromatic heterocycles. The van der Waals surface area contributed by atoms with Crippen LogP contribution in [0.15, 0.2) is 35.2 Å². The Morgan fingerprint density at radius 2 is 2.07 bits per heavy atom. The molecule has 1 atom stereocenters. The van der Waals surface area contributed by atoms with Crippen LogP contribution in [-0.2, 0) is 0 Å². The van der Waals surface area contributed by atoms with Crippen molar-refractivity contribution >= 4 is 11.8 Å². The molecule has 78 valence electrons. The minimum atomic E-state index is -0.379. The van der Waals surface area contributed by atoms with Crippen LogP contribution in [0.4, 0.5) is 0 Å². The summed E-state index contributed by atoms with van der Waals surface area (Å²) in [6.45, 7) is 0.500. The van der Waals surface area contributed by atoms with Crippen LogP contribution >= 0.6 is 11.8 Å². The number of rotatable bonds is 5. The largest absolute Gasteiger partial charge is 0.391 e. The van der Waals surface area contributed by atoms with Gasteiger partial charge < -0.3 is 5.11 Å². The number of nitrogens with zero attached hydrogens (tertiary/aromatic N) is 1. The summed E-state index contributed by atoms with van der Waals surface area (Å²) in [6, 6.07) is 10.0. The highest BCUT2D eigenvalue weighted by Gasteiger charge is 2.05. The Kier molecular flexibility index (Phi) is 4.97. The predicted octanol–water partition coefficient (Wildman–Crippen LogP) is 0.945. The number of hydrazine groups is 1. The van der Waals surface area contributed by atoms with E-state index in [-0.39, 0.29) is 6.10 Å². The molecule has 1 aromatic carbocycles. The molecule has 0 saturated heterocycles. The van der Waals surface area contributed by atoms with Crippen molar-refractivity contribution in [2.75, 3.05) is 19.3 Å². The van der Waals surface area contributed by atoms with Gasteiger partial charge in [0.1, 0.15) is 0 Å². The maximum absolute atomic E-state index is 9.54. The SMILES string of the molecule is CN(N)CC(O)CSc1ccccc1. The molecule has 0 radical (unpaired) electrons. The van der Waals surface area contributed by atoms with Gasteiger partial charge in [-0.3, -0.25) is 5.84 Å². The first-order valence-electron chi connectivity index (χ1n) is 4.50. The average Bonchev–Trinajstić information content (AvgIpc) is 2.15. The molecular weight excluding hydrogens is 196 g/mol. The van der Waals surface area contributed by atoms with Gasteiger partial charge in [0.25, 0.3) is 0 Å². The Morgan fingerprint density at radius 1 is 1.43 bits per heavy atom. The number of likely N-dealkylation sites (N-methyl/N-ethyl adjacent to an activating group) is 1. The first-order chi connectivity index (χ1) is 6.68. The van der Waals surface area contributed by atoms with Crippen LogP contribution in [0.1, 0.15) is 0 Å². The molecule has 0 saturated carbocycles. The quantitative estimate of drug-likeness (QED) is 0.433. The highest BCUT2D eigenvalue weighted by molar-refractivity contribution is 7.99. The minimum absolute atomic E-state index is 0.379. The van der Waals surface area contributed by atoms with E-state index in [4.69, 9.17) is 5.84 Å². The van der Waals surface area contributed by atoms with Gasteiger partial charge in [-0.1, -0.05) is 18.2 Å². The van der Waals surface area contributed by atoms with E-state index in [1.807, 2.05) is 30.3 Å². The van der Waals surface area contributed by atoms with Gasteiger partial charge in [-0.05, 0) is 12.1 Å². The molecule has 0 heterocycles. The van der Waals surface area contributed by atoms with Crippen molar-refractivity contribution in [2.24, 2.45) is 5.84 Å². The summed E-state index contributed by atoms with van der Waals surface area (Å²) in [5.41, 5.74) is 0. The molecule has 0 aliphatic carbocycles. The Morgan fingerprint density at radius 3 is 2.64 bits per heavy atom. The summed E-state index contributed by atoms with van der Waals surface area (Å²) < 4.78 is 0. The lowest BCUT2D eigenvalue weighted by atomic mass is 10.4. The second-order valence-electron chi connectivity index (χ2n) is 3.22. The van der Waals surface area contributed by atoms with E-state index in [2.05, 4.69) is 0 Å². The van der Waals surface area contributed by atoms with Gasteiger partial charge >= 0.3 is 0 Å². The molecule has 0 aliphatic rings. The Labute approximate surface area is 88.9 Å². The second-order valence-corrected chi connectivity index (χ2v) is 4.31. The number of thioether (sulfide) groups is 1. The van der Waals surface area contributed by atoms with Gasteiger partial charge in [0.2, 0.25) is 0 Å². The van der Waals surface area contributed by atoms with Crippen LogP contribution in [0.3, 0.4) is 0 Å². The smallest absolute Gasteiger partial charge is 0.0774 e. The summed E-state index contributed by atoms with van der Waals surface area (Å²) in [4.78, 5) is 1.17. The van der Waals surface area contributed by atoms with Crippen LogP contribution in [0.5, 0.6) is 0 Å². The number of nitrogens with two attached hydrogens (primary N) is 1. The summed E-state index contributed by atoms with van der Waals surface area (Å²) in [5, 5.41) is 11.0. The topological polar surface area (TPSA) is 49.5 Å². The number of aliphatic hydroxyl groups is 1. The predicted molar refractivity (Wildman–Crippen MR) is 60.0 cm³/mol. The Bertz CT molecular complexity index is 254. The second kappa shape index (κ2) is 6.03. The molecule has 0 bridgehead atoms. The first kappa shape index (κ1) is 11.5. The number of hydrogen-bond acceptors (Lipinski definition) is 4. The fraction of sp³-hybridized carbons (Fsp3) is 0.400. The fourth-order valence-corrected chi connectivity index (χ4v) is 1.93. The van der Waals surface area contributed by atoms with Crippen molar-refractivity contribution in [1.82, 2.24) is 5.01 Å². The third kappa shape index (κ3) is 4.62. The number of benzene rings is 1. The van der Waals surface area contributed by atoms with E-state index >= 15 is 0 Å². The van der Waals surface area contributed by atoms with Gasteiger partial charge in [-0.2, -0.15) is 0 Å². The van der Waals surface area contributed by atoms with E-state index in [0.29, 0.717) is 12.3 Å². The van der Waals surface area contributed by atoms with Crippen LogP contribution in [0, 0.1) is 0 Å². The molecule has 1 rings (SSSR count). The standard InChI is InChI=1S/C10H16N2OS/c1-12(11)7-9(13)8-14-10-5-3-2-4-6-10/h2-6,9,13H,7-8,11H2,1H3. The molecule has 3 nitrogen and oxygen atoms in total. The van der Waals surface area contributed by atoms with Gasteiger partial charge in [-0.15, -0.1) is 11.8 Å². The van der Waals surface area contributed by atoms with Crippen LogP contribution in [-0.4, -0.2) is 35.6 Å². The molecule has 4 heteroatoms. The lowest BCUT2D eigenvalue weighted by molar-refractivity contribution is 0.146. The zero-order valence-electron chi connectivity index (χ0n) is 8.26. The van der Waals surface area contributed by atoms with Crippen molar-refractivity contribution in [2.45, 2.75) is 11.0 Å². The lowest BCUT2D eigenvalue weighted by Gasteiger charge is -2.14. The number of hydrogen-bond donors (Lipinski definition) is 2. The Balaban J connectivity index is 2.27. The maximum atomic E-state index is 9.54. The van der Waals surface area contributed by atoms with Gasteiger partial charge in [0.05, 0.1) is 6.10 Å². The van der Waals surface area contributed by atoms with Gasteiger partial charge in [0, 0.05) is 24.2 Å². The van der Waals surface area contributed by atoms with E-state index in [0.717, 1.165) is 0 Å². The maximum Gasteiger partial charge on any atom is 0.0774 e. The van der Waals surface area contributed by atoms with Crippen molar-refractivity contribution in [3.63, 3.8) is 0 Å². The van der Waals surface area contributed by atoms with Crippen LogP contribution in [0.2, 0.25) is 0 Å². The monoisotopic (exact) mass is 212 g/mol. The molecule has 0 aliphatic heterocycles. The summed E-state index contributed by atoms with van der Waals surface area (Å²) in [7, 11) is 1.75. The Hall–Kier alpha value is -0.550. The third-order valence-corrected chi connectivity index (χ3v) is 2.84. The molecule has 1 unspecified atom stereocenters. The van der Waals surface area contributed by atoms with Gasteiger partial charge in [0.15, 0.2) is 0 Å². The summed E-state index contributed by atoms with van der Waals surface area (Å²) >= 11 is 1.64. The lowest BCUT2D eigenvalue weighted by Crippen LogP contribution is -2.35. The van der Waals surface area contributed by atoms with Crippen molar-refractivity contribution < 1.29 is 5.11 Å². The zero-order valence-corrected chi connectivity index (χ0v) is 9.07. The number of aliphatic hydroxyl groups excluding tert-OH is 1. The van der Waals surface area contributed by atoms with E-state index in [9.17, 15) is 5.11 Å². The third-order valence-electron chi connectivity index (χ3n) is 1.68. The molecule has 14 heavy (non-hydrogen) atoms. The summed E-state index contributed by atoms with van der Waals surface area (Å²) in [6.07, 6.45) is -0.379. The fourth-order valence-electron chi connectivity index (χ4n) is 1.09. The molecule has 0 fully saturated rings. The van der Waals surface area contributed by atoms with Crippen molar-refractivity contribution in [3.8, 4) is 0 Å². The molecular formula is C10H16N2OS. The van der Waals surface area contributed by atoms with Gasteiger partial charge in [-0.25, -0.2) is 5.01 Å². The molecule has 0 amide bonds. The normalized spacial score (nSPS) is 13.1. The summed E-state index contributed by atoms with van der Waals surface area (Å²) in [5.74, 6) is 6.10. The van der Waals surface area contributed by atoms with Crippen molar-refractivity contribution in [3.05, 3.63) is 30.3 Å².